The molecule has 136 valence electrons. The summed E-state index contributed by atoms with van der Waals surface area (Å²) in [5, 5.41) is 0. The van der Waals surface area contributed by atoms with Crippen LogP contribution in [0.3, 0.4) is 0 Å². The maximum atomic E-state index is 13.2. The van der Waals surface area contributed by atoms with Gasteiger partial charge in [-0.2, -0.15) is 0 Å². The number of carbonyl (C=O) groups is 1. The van der Waals surface area contributed by atoms with Crippen LogP contribution in [0.25, 0.3) is 0 Å². The van der Waals surface area contributed by atoms with Crippen LogP contribution in [0.1, 0.15) is 48.6 Å². The van der Waals surface area contributed by atoms with Crippen LogP contribution < -0.4 is 4.74 Å². The number of aryl methyl sites for hydroxylation is 1. The molecule has 2 fully saturated rings. The molecular weight excluding hydrogens is 326 g/mol. The van der Waals surface area contributed by atoms with Crippen molar-refractivity contribution in [3.05, 3.63) is 53.6 Å². The number of piperidine rings is 1. The highest BCUT2D eigenvalue weighted by Gasteiger charge is 2.53. The molecule has 0 spiro atoms. The Balaban J connectivity index is 1.43. The number of likely N-dealkylation sites (tertiary alicyclic amines) is 1. The van der Waals surface area contributed by atoms with Gasteiger partial charge in [-0.1, -0.05) is 12.1 Å². The van der Waals surface area contributed by atoms with Gasteiger partial charge in [0.25, 0.3) is 0 Å². The fourth-order valence-corrected chi connectivity index (χ4v) is 4.02. The Kier molecular flexibility index (Phi) is 4.39. The van der Waals surface area contributed by atoms with Crippen molar-refractivity contribution in [3.63, 3.8) is 0 Å². The fourth-order valence-electron chi connectivity index (χ4n) is 4.02. The highest BCUT2D eigenvalue weighted by Crippen LogP contribution is 2.50. The van der Waals surface area contributed by atoms with E-state index in [1.54, 1.807) is 13.3 Å². The number of benzene rings is 1. The molecule has 2 aliphatic rings. The molecule has 0 radical (unpaired) electrons. The lowest BCUT2D eigenvalue weighted by Crippen LogP contribution is -2.43. The SMILES string of the molecule is COc1ccc(C2(C(=O)N3CCC(c4cncc(C)n4)CC3)CC2)cc1. The van der Waals surface area contributed by atoms with Crippen molar-refractivity contribution in [2.75, 3.05) is 20.2 Å². The summed E-state index contributed by atoms with van der Waals surface area (Å²) in [4.78, 5) is 24.1. The minimum Gasteiger partial charge on any atom is -0.497 e. The van der Waals surface area contributed by atoms with E-state index in [0.29, 0.717) is 5.92 Å². The van der Waals surface area contributed by atoms with E-state index in [-0.39, 0.29) is 11.3 Å². The van der Waals surface area contributed by atoms with Crippen molar-refractivity contribution < 1.29 is 9.53 Å². The zero-order valence-electron chi connectivity index (χ0n) is 15.4. The quantitative estimate of drug-likeness (QED) is 0.849. The van der Waals surface area contributed by atoms with Gasteiger partial charge >= 0.3 is 0 Å². The Morgan fingerprint density at radius 1 is 1.15 bits per heavy atom. The number of aromatic nitrogens is 2. The van der Waals surface area contributed by atoms with Crippen LogP contribution in [0.5, 0.6) is 5.75 Å². The molecule has 1 aliphatic heterocycles. The predicted octanol–water partition coefficient (Wildman–Crippen LogP) is 3.23. The van der Waals surface area contributed by atoms with Crippen LogP contribution >= 0.6 is 0 Å². The van der Waals surface area contributed by atoms with Crippen LogP contribution in [-0.2, 0) is 10.2 Å². The summed E-state index contributed by atoms with van der Waals surface area (Å²) in [6.45, 7) is 3.58. The molecule has 1 amide bonds. The molecule has 5 nitrogen and oxygen atoms in total. The van der Waals surface area contributed by atoms with Crippen LogP contribution in [0.4, 0.5) is 0 Å². The zero-order chi connectivity index (χ0) is 18.1. The smallest absolute Gasteiger partial charge is 0.233 e. The van der Waals surface area contributed by atoms with Crippen LogP contribution in [0.2, 0.25) is 0 Å². The molecule has 1 aliphatic carbocycles. The van der Waals surface area contributed by atoms with Gasteiger partial charge in [-0.15, -0.1) is 0 Å². The monoisotopic (exact) mass is 351 g/mol. The Morgan fingerprint density at radius 3 is 2.42 bits per heavy atom. The number of ether oxygens (including phenoxy) is 1. The van der Waals surface area contributed by atoms with Crippen molar-refractivity contribution in [2.24, 2.45) is 0 Å². The van der Waals surface area contributed by atoms with Gasteiger partial charge in [-0.3, -0.25) is 14.8 Å². The molecule has 4 rings (SSSR count). The molecule has 2 heterocycles. The number of amides is 1. The molecule has 1 saturated heterocycles. The van der Waals surface area contributed by atoms with Crippen molar-refractivity contribution in [1.29, 1.82) is 0 Å². The lowest BCUT2D eigenvalue weighted by Gasteiger charge is -2.34. The second kappa shape index (κ2) is 6.71. The number of nitrogens with zero attached hydrogens (tertiary/aromatic N) is 3. The van der Waals surface area contributed by atoms with Gasteiger partial charge in [0.05, 0.1) is 23.9 Å². The third-order valence-corrected chi connectivity index (χ3v) is 5.78. The summed E-state index contributed by atoms with van der Waals surface area (Å²) in [5.74, 6) is 1.52. The predicted molar refractivity (Wildman–Crippen MR) is 99.2 cm³/mol. The Morgan fingerprint density at radius 2 is 1.85 bits per heavy atom. The maximum absolute atomic E-state index is 13.2. The number of rotatable bonds is 4. The van der Waals surface area contributed by atoms with E-state index >= 15 is 0 Å². The third-order valence-electron chi connectivity index (χ3n) is 5.78. The van der Waals surface area contributed by atoms with Gasteiger partial charge in [0.2, 0.25) is 5.91 Å². The first-order chi connectivity index (χ1) is 12.6. The van der Waals surface area contributed by atoms with Crippen molar-refractivity contribution in [3.8, 4) is 5.75 Å². The molecule has 1 aromatic heterocycles. The summed E-state index contributed by atoms with van der Waals surface area (Å²) >= 11 is 0. The molecule has 0 unspecified atom stereocenters. The van der Waals surface area contributed by atoms with Gasteiger partial charge in [0.1, 0.15) is 5.75 Å². The van der Waals surface area contributed by atoms with E-state index in [9.17, 15) is 4.79 Å². The summed E-state index contributed by atoms with van der Waals surface area (Å²) in [6.07, 6.45) is 7.47. The highest BCUT2D eigenvalue weighted by molar-refractivity contribution is 5.91. The lowest BCUT2D eigenvalue weighted by atomic mass is 9.90. The molecule has 26 heavy (non-hydrogen) atoms. The van der Waals surface area contributed by atoms with E-state index in [1.807, 2.05) is 37.4 Å². The van der Waals surface area contributed by atoms with Gasteiger partial charge in [-0.25, -0.2) is 0 Å². The first-order valence-corrected chi connectivity index (χ1v) is 9.35. The highest BCUT2D eigenvalue weighted by atomic mass is 16.5. The van der Waals surface area contributed by atoms with Crippen molar-refractivity contribution >= 4 is 5.91 Å². The molecule has 0 bridgehead atoms. The Hall–Kier alpha value is -2.43. The van der Waals surface area contributed by atoms with Crippen LogP contribution in [0.15, 0.2) is 36.7 Å². The second-order valence-corrected chi connectivity index (χ2v) is 7.46. The van der Waals surface area contributed by atoms with E-state index in [2.05, 4.69) is 14.9 Å². The third kappa shape index (κ3) is 3.06. The molecule has 2 aromatic rings. The standard InChI is InChI=1S/C21H25N3O2/c1-15-13-22-14-19(23-15)16-7-11-24(12-8-16)20(25)21(9-10-21)17-3-5-18(26-2)6-4-17/h3-6,13-14,16H,7-12H2,1-2H3. The largest absolute Gasteiger partial charge is 0.497 e. The minimum atomic E-state index is -0.303. The number of carbonyl (C=O) groups excluding carboxylic acids is 1. The first kappa shape index (κ1) is 17.0. The normalized spacial score (nSPS) is 19.2. The van der Waals surface area contributed by atoms with Crippen molar-refractivity contribution in [2.45, 2.75) is 43.9 Å². The molecule has 0 atom stereocenters. The molecular formula is C21H25N3O2. The van der Waals surface area contributed by atoms with Crippen molar-refractivity contribution in [1.82, 2.24) is 14.9 Å². The number of hydrogen-bond acceptors (Lipinski definition) is 4. The van der Waals surface area contributed by atoms with Gasteiger partial charge < -0.3 is 9.64 Å². The minimum absolute atomic E-state index is 0.288. The average molecular weight is 351 g/mol. The average Bonchev–Trinajstić information content (AvgIpc) is 3.50. The van der Waals surface area contributed by atoms with E-state index in [1.165, 1.54) is 0 Å². The van der Waals surface area contributed by atoms with Gasteiger partial charge in [0.15, 0.2) is 0 Å². The topological polar surface area (TPSA) is 55.3 Å². The van der Waals surface area contributed by atoms with Gasteiger partial charge in [-0.05, 0) is 50.3 Å². The zero-order valence-corrected chi connectivity index (χ0v) is 15.4. The summed E-state index contributed by atoms with van der Waals surface area (Å²) in [5.41, 5.74) is 2.84. The van der Waals surface area contributed by atoms with E-state index in [0.717, 1.165) is 61.5 Å². The van der Waals surface area contributed by atoms with E-state index in [4.69, 9.17) is 4.74 Å². The molecule has 1 saturated carbocycles. The summed E-state index contributed by atoms with van der Waals surface area (Å²) < 4.78 is 5.23. The fraction of sp³-hybridized carbons (Fsp3) is 0.476. The first-order valence-electron chi connectivity index (χ1n) is 9.35. The van der Waals surface area contributed by atoms with Crippen LogP contribution in [-0.4, -0.2) is 41.0 Å². The second-order valence-electron chi connectivity index (χ2n) is 7.46. The van der Waals surface area contributed by atoms with Crippen LogP contribution in [0, 0.1) is 6.92 Å². The maximum Gasteiger partial charge on any atom is 0.233 e. The lowest BCUT2D eigenvalue weighted by molar-refractivity contribution is -0.135. The molecule has 1 aromatic carbocycles. The Bertz CT molecular complexity index is 791. The molecule has 5 heteroatoms. The van der Waals surface area contributed by atoms with Gasteiger partial charge in [0, 0.05) is 31.4 Å². The van der Waals surface area contributed by atoms with E-state index < -0.39 is 0 Å². The number of methoxy groups -OCH3 is 1. The number of hydrogen-bond donors (Lipinski definition) is 0. The summed E-state index contributed by atoms with van der Waals surface area (Å²) in [6, 6.07) is 7.98. The summed E-state index contributed by atoms with van der Waals surface area (Å²) in [7, 11) is 1.66. The molecule has 0 N–H and O–H groups in total. The Labute approximate surface area is 154 Å².